The summed E-state index contributed by atoms with van der Waals surface area (Å²) in [6, 6.07) is 3.64. The molecule has 14 heavy (non-hydrogen) atoms. The predicted molar refractivity (Wildman–Crippen MR) is 50.0 cm³/mol. The molecule has 2 rings (SSSR count). The van der Waals surface area contributed by atoms with Gasteiger partial charge in [0.05, 0.1) is 0 Å². The Morgan fingerprint density at radius 1 is 1.64 bits per heavy atom. The molecule has 5 nitrogen and oxygen atoms in total. The number of nitrogens with zero attached hydrogens (tertiary/aromatic N) is 2. The molecule has 0 atom stereocenters. The maximum Gasteiger partial charge on any atom is 0.356 e. The van der Waals surface area contributed by atoms with Crippen molar-refractivity contribution in [2.24, 2.45) is 5.73 Å². The highest BCUT2D eigenvalue weighted by Gasteiger charge is 2.09. The minimum atomic E-state index is -1.03. The van der Waals surface area contributed by atoms with Crippen LogP contribution in [0.5, 0.6) is 0 Å². The predicted octanol–water partition coefficient (Wildman–Crippen LogP) is 0.491. The lowest BCUT2D eigenvalue weighted by molar-refractivity contribution is 0.0691. The van der Waals surface area contributed by atoms with Crippen molar-refractivity contribution in [1.29, 1.82) is 0 Å². The number of rotatable bonds is 2. The zero-order chi connectivity index (χ0) is 10.1. The quantitative estimate of drug-likeness (QED) is 0.723. The van der Waals surface area contributed by atoms with Crippen LogP contribution >= 0.6 is 0 Å². The van der Waals surface area contributed by atoms with E-state index in [2.05, 4.69) is 4.98 Å². The van der Waals surface area contributed by atoms with Gasteiger partial charge in [0.1, 0.15) is 5.65 Å². The molecule has 0 aliphatic rings. The number of fused-ring (bicyclic) bond motifs is 1. The summed E-state index contributed by atoms with van der Waals surface area (Å²) in [6.07, 6.45) is 3.21. The van der Waals surface area contributed by atoms with E-state index < -0.39 is 5.97 Å². The normalized spacial score (nSPS) is 10.6. The molecule has 0 fully saturated rings. The molecule has 0 bridgehead atoms. The Hall–Kier alpha value is -1.88. The van der Waals surface area contributed by atoms with Crippen LogP contribution in [0.1, 0.15) is 16.1 Å². The number of carboxylic acids is 1. The lowest BCUT2D eigenvalue weighted by Crippen LogP contribution is -1.99. The molecule has 0 aliphatic heterocycles. The van der Waals surface area contributed by atoms with Crippen LogP contribution in [0.25, 0.3) is 5.65 Å². The molecule has 72 valence electrons. The van der Waals surface area contributed by atoms with Crippen LogP contribution in [0.4, 0.5) is 0 Å². The summed E-state index contributed by atoms with van der Waals surface area (Å²) in [5.74, 6) is -1.03. The first kappa shape index (κ1) is 8.71. The molecule has 2 aromatic heterocycles. The van der Waals surface area contributed by atoms with Crippen LogP contribution in [0.3, 0.4) is 0 Å². The fourth-order valence-electron chi connectivity index (χ4n) is 1.33. The summed E-state index contributed by atoms with van der Waals surface area (Å²) in [5, 5.41) is 8.74. The van der Waals surface area contributed by atoms with Crippen molar-refractivity contribution in [3.63, 3.8) is 0 Å². The maximum absolute atomic E-state index is 10.7. The highest BCUT2D eigenvalue weighted by molar-refractivity contribution is 5.86. The Bertz CT molecular complexity index is 490. The number of pyridine rings is 1. The molecule has 0 radical (unpaired) electrons. The number of nitrogens with two attached hydrogens (primary N) is 1. The zero-order valence-electron chi connectivity index (χ0n) is 7.34. The van der Waals surface area contributed by atoms with Crippen molar-refractivity contribution in [2.45, 2.75) is 6.54 Å². The van der Waals surface area contributed by atoms with E-state index >= 15 is 0 Å². The Morgan fingerprint density at radius 2 is 2.43 bits per heavy atom. The molecular formula is C9H9N3O2. The van der Waals surface area contributed by atoms with Crippen molar-refractivity contribution in [1.82, 2.24) is 9.38 Å². The molecule has 0 unspecified atom stereocenters. The van der Waals surface area contributed by atoms with Crippen molar-refractivity contribution < 1.29 is 9.90 Å². The molecule has 0 saturated heterocycles. The van der Waals surface area contributed by atoms with Crippen LogP contribution < -0.4 is 5.73 Å². The Labute approximate surface area is 79.8 Å². The topological polar surface area (TPSA) is 80.6 Å². The number of hydrogen-bond donors (Lipinski definition) is 2. The van der Waals surface area contributed by atoms with Crippen LogP contribution in [0, 0.1) is 0 Å². The molecule has 0 spiro atoms. The molecule has 0 aliphatic carbocycles. The summed E-state index contributed by atoms with van der Waals surface area (Å²) in [4.78, 5) is 14.6. The summed E-state index contributed by atoms with van der Waals surface area (Å²) in [6.45, 7) is 0.348. The average Bonchev–Trinajstić information content (AvgIpc) is 2.60. The number of hydrogen-bond acceptors (Lipinski definition) is 3. The largest absolute Gasteiger partial charge is 0.476 e. The van der Waals surface area contributed by atoms with Gasteiger partial charge in [0.2, 0.25) is 0 Å². The second-order valence-electron chi connectivity index (χ2n) is 2.90. The monoisotopic (exact) mass is 191 g/mol. The van der Waals surface area contributed by atoms with Crippen molar-refractivity contribution in [3.05, 3.63) is 35.8 Å². The smallest absolute Gasteiger partial charge is 0.356 e. The van der Waals surface area contributed by atoms with Gasteiger partial charge in [-0.05, 0) is 6.07 Å². The first-order chi connectivity index (χ1) is 6.72. The number of carbonyl (C=O) groups is 1. The lowest BCUT2D eigenvalue weighted by Gasteiger charge is -1.97. The third-order valence-electron chi connectivity index (χ3n) is 2.00. The summed E-state index contributed by atoms with van der Waals surface area (Å²) in [5.41, 5.74) is 6.97. The Morgan fingerprint density at radius 3 is 3.07 bits per heavy atom. The van der Waals surface area contributed by atoms with Crippen molar-refractivity contribution in [2.75, 3.05) is 0 Å². The van der Waals surface area contributed by atoms with Gasteiger partial charge in [0, 0.05) is 24.5 Å². The summed E-state index contributed by atoms with van der Waals surface area (Å²) in [7, 11) is 0. The fourth-order valence-corrected chi connectivity index (χ4v) is 1.33. The third-order valence-corrected chi connectivity index (χ3v) is 2.00. The minimum absolute atomic E-state index is 0.0332. The molecule has 2 aromatic rings. The second kappa shape index (κ2) is 3.12. The highest BCUT2D eigenvalue weighted by atomic mass is 16.4. The zero-order valence-corrected chi connectivity index (χ0v) is 7.34. The fraction of sp³-hybridized carbons (Fsp3) is 0.111. The van der Waals surface area contributed by atoms with Gasteiger partial charge in [-0.2, -0.15) is 0 Å². The highest BCUT2D eigenvalue weighted by Crippen LogP contribution is 2.10. The third kappa shape index (κ3) is 1.23. The minimum Gasteiger partial charge on any atom is -0.476 e. The lowest BCUT2D eigenvalue weighted by atomic mass is 10.3. The van der Waals surface area contributed by atoms with Crippen LogP contribution in [0.15, 0.2) is 24.5 Å². The van der Waals surface area contributed by atoms with Gasteiger partial charge < -0.3 is 15.2 Å². The first-order valence-electron chi connectivity index (χ1n) is 4.12. The van der Waals surface area contributed by atoms with Crippen molar-refractivity contribution >= 4 is 11.6 Å². The molecule has 0 amide bonds. The maximum atomic E-state index is 10.7. The van der Waals surface area contributed by atoms with E-state index in [0.29, 0.717) is 12.2 Å². The Kier molecular flexibility index (Phi) is 1.94. The van der Waals surface area contributed by atoms with Crippen LogP contribution in [0.2, 0.25) is 0 Å². The number of carboxylic acid groups (broad SMARTS) is 1. The second-order valence-corrected chi connectivity index (χ2v) is 2.90. The van der Waals surface area contributed by atoms with E-state index in [1.807, 2.05) is 12.1 Å². The van der Waals surface area contributed by atoms with E-state index in [9.17, 15) is 4.79 Å². The first-order valence-corrected chi connectivity index (χ1v) is 4.12. The van der Waals surface area contributed by atoms with E-state index in [1.165, 1.54) is 6.20 Å². The van der Waals surface area contributed by atoms with Gasteiger partial charge in [0.15, 0.2) is 5.69 Å². The van der Waals surface area contributed by atoms with Gasteiger partial charge in [0.25, 0.3) is 0 Å². The van der Waals surface area contributed by atoms with Crippen LogP contribution in [-0.2, 0) is 6.54 Å². The number of aromatic carboxylic acids is 1. The molecule has 0 saturated carbocycles. The van der Waals surface area contributed by atoms with Gasteiger partial charge >= 0.3 is 5.97 Å². The Balaban J connectivity index is 2.70. The standard InChI is InChI=1S/C9H9N3O2/c10-4-6-2-1-3-12-5-7(9(13)14)11-8(6)12/h1-3,5H,4,10H2,(H,13,14). The van der Waals surface area contributed by atoms with Gasteiger partial charge in [-0.25, -0.2) is 9.78 Å². The van der Waals surface area contributed by atoms with E-state index in [0.717, 1.165) is 5.56 Å². The van der Waals surface area contributed by atoms with Gasteiger partial charge in [-0.1, -0.05) is 6.07 Å². The molecular weight excluding hydrogens is 182 g/mol. The molecule has 0 aromatic carbocycles. The average molecular weight is 191 g/mol. The SMILES string of the molecule is NCc1cccn2cc(C(=O)O)nc12. The molecule has 2 heterocycles. The van der Waals surface area contributed by atoms with E-state index in [1.54, 1.807) is 10.6 Å². The number of imidazole rings is 1. The van der Waals surface area contributed by atoms with Gasteiger partial charge in [-0.3, -0.25) is 0 Å². The summed E-state index contributed by atoms with van der Waals surface area (Å²) >= 11 is 0. The van der Waals surface area contributed by atoms with Crippen molar-refractivity contribution in [3.8, 4) is 0 Å². The van der Waals surface area contributed by atoms with Crippen LogP contribution in [-0.4, -0.2) is 20.5 Å². The number of aromatic nitrogens is 2. The van der Waals surface area contributed by atoms with E-state index in [-0.39, 0.29) is 5.69 Å². The molecule has 5 heteroatoms. The molecule has 3 N–H and O–H groups in total. The van der Waals surface area contributed by atoms with E-state index in [4.69, 9.17) is 10.8 Å². The summed E-state index contributed by atoms with van der Waals surface area (Å²) < 4.78 is 1.66. The van der Waals surface area contributed by atoms with Gasteiger partial charge in [-0.15, -0.1) is 0 Å².